The van der Waals surface area contributed by atoms with Gasteiger partial charge in [0.2, 0.25) is 5.91 Å². The maximum absolute atomic E-state index is 13.0. The molecule has 3 rings (SSSR count). The number of nitrogens with zero attached hydrogens (tertiary/aromatic N) is 2. The van der Waals surface area contributed by atoms with Crippen molar-refractivity contribution in [2.75, 3.05) is 4.90 Å². The molecule has 1 heterocycles. The highest BCUT2D eigenvalue weighted by Gasteiger charge is 2.37. The lowest BCUT2D eigenvalue weighted by Gasteiger charge is -2.15. The fraction of sp³-hybridized carbons (Fsp3) is 0.125. The van der Waals surface area contributed by atoms with E-state index in [2.05, 4.69) is 4.40 Å². The number of carbonyl (C=O) groups is 1. The molecule has 24 heavy (non-hydrogen) atoms. The van der Waals surface area contributed by atoms with Gasteiger partial charge in [0.05, 0.1) is 15.8 Å². The van der Waals surface area contributed by atoms with Crippen molar-refractivity contribution in [2.45, 2.75) is 17.1 Å². The number of halogens is 1. The van der Waals surface area contributed by atoms with Gasteiger partial charge in [-0.25, -0.2) is 4.39 Å². The Labute approximate surface area is 143 Å². The quantitative estimate of drug-likeness (QED) is 0.840. The minimum absolute atomic E-state index is 0.0861. The summed E-state index contributed by atoms with van der Waals surface area (Å²) in [5, 5.41) is -0.351. The van der Waals surface area contributed by atoms with Gasteiger partial charge < -0.3 is 0 Å². The van der Waals surface area contributed by atoms with Gasteiger partial charge in [-0.15, -0.1) is 4.40 Å². The molecular formula is C16H13FN2O3S2. The maximum atomic E-state index is 13.0. The van der Waals surface area contributed by atoms with E-state index in [-0.39, 0.29) is 16.0 Å². The molecule has 1 saturated heterocycles. The van der Waals surface area contributed by atoms with Crippen molar-refractivity contribution in [2.24, 2.45) is 4.40 Å². The molecule has 1 amide bonds. The third kappa shape index (κ3) is 3.20. The topological polar surface area (TPSA) is 66.8 Å². The molecule has 0 unspecified atom stereocenters. The third-order valence-electron chi connectivity index (χ3n) is 3.37. The summed E-state index contributed by atoms with van der Waals surface area (Å²) in [5.74, 6) is -0.772. The van der Waals surface area contributed by atoms with Crippen molar-refractivity contribution in [3.63, 3.8) is 0 Å². The number of hydrogen-bond donors (Lipinski definition) is 0. The average Bonchev–Trinajstić information content (AvgIpc) is 2.82. The van der Waals surface area contributed by atoms with Gasteiger partial charge in [-0.2, -0.15) is 8.42 Å². The number of anilines is 1. The minimum Gasteiger partial charge on any atom is -0.273 e. The fourth-order valence-electron chi connectivity index (χ4n) is 2.18. The van der Waals surface area contributed by atoms with Gasteiger partial charge in [-0.3, -0.25) is 9.69 Å². The summed E-state index contributed by atoms with van der Waals surface area (Å²) >= 11 is 1.07. The molecule has 2 aromatic rings. The second-order valence-corrected chi connectivity index (χ2v) is 7.98. The number of thioether (sulfide) groups is 1. The summed E-state index contributed by atoms with van der Waals surface area (Å²) in [5.41, 5.74) is 0.549. The Hall–Kier alpha value is -2.19. The number of amides is 1. The Kier molecular flexibility index (Phi) is 4.42. The van der Waals surface area contributed by atoms with Crippen LogP contribution in [0.2, 0.25) is 0 Å². The Bertz CT molecular complexity index is 897. The molecule has 1 fully saturated rings. The molecule has 1 aliphatic heterocycles. The molecule has 0 aliphatic carbocycles. The predicted molar refractivity (Wildman–Crippen MR) is 92.0 cm³/mol. The SMILES string of the molecule is C[C@H]1SC(=NS(=O)(=O)c2ccc(F)cc2)N(c2ccccc2)C1=O. The van der Waals surface area contributed by atoms with E-state index in [0.29, 0.717) is 5.69 Å². The first-order valence-corrected chi connectivity index (χ1v) is 9.37. The van der Waals surface area contributed by atoms with Crippen molar-refractivity contribution in [1.29, 1.82) is 0 Å². The zero-order valence-corrected chi connectivity index (χ0v) is 14.2. The molecule has 0 spiro atoms. The first kappa shape index (κ1) is 16.7. The summed E-state index contributed by atoms with van der Waals surface area (Å²) in [4.78, 5) is 13.5. The lowest BCUT2D eigenvalue weighted by Crippen LogP contribution is -2.31. The van der Waals surface area contributed by atoms with Gasteiger partial charge in [0.15, 0.2) is 5.17 Å². The van der Waals surface area contributed by atoms with Crippen LogP contribution in [-0.2, 0) is 14.8 Å². The lowest BCUT2D eigenvalue weighted by molar-refractivity contribution is -0.116. The number of hydrogen-bond acceptors (Lipinski definition) is 4. The molecular weight excluding hydrogens is 351 g/mol. The van der Waals surface area contributed by atoms with Crippen LogP contribution in [0.5, 0.6) is 0 Å². The van der Waals surface area contributed by atoms with Gasteiger partial charge >= 0.3 is 0 Å². The first-order chi connectivity index (χ1) is 11.4. The Morgan fingerprint density at radius 3 is 2.33 bits per heavy atom. The monoisotopic (exact) mass is 364 g/mol. The van der Waals surface area contributed by atoms with Crippen LogP contribution in [-0.4, -0.2) is 24.7 Å². The smallest absolute Gasteiger partial charge is 0.273 e. The van der Waals surface area contributed by atoms with Crippen LogP contribution in [0.4, 0.5) is 10.1 Å². The van der Waals surface area contributed by atoms with E-state index in [1.165, 1.54) is 4.90 Å². The van der Waals surface area contributed by atoms with Gasteiger partial charge in [0.1, 0.15) is 5.82 Å². The summed E-state index contributed by atoms with van der Waals surface area (Å²) in [6.07, 6.45) is 0. The number of rotatable bonds is 3. The Morgan fingerprint density at radius 2 is 1.71 bits per heavy atom. The summed E-state index contributed by atoms with van der Waals surface area (Å²) in [6.45, 7) is 1.69. The van der Waals surface area contributed by atoms with Crippen LogP contribution >= 0.6 is 11.8 Å². The molecule has 0 aromatic heterocycles. The Morgan fingerprint density at radius 1 is 1.08 bits per heavy atom. The highest BCUT2D eigenvalue weighted by atomic mass is 32.2. The minimum atomic E-state index is -4.04. The highest BCUT2D eigenvalue weighted by Crippen LogP contribution is 2.32. The molecule has 1 aliphatic rings. The Balaban J connectivity index is 2.04. The van der Waals surface area contributed by atoms with E-state index in [9.17, 15) is 17.6 Å². The van der Waals surface area contributed by atoms with E-state index in [1.54, 1.807) is 37.3 Å². The normalized spacial score (nSPS) is 19.9. The number of amidine groups is 1. The largest absolute Gasteiger partial charge is 0.284 e. The standard InChI is InChI=1S/C16H13FN2O3S2/c1-11-15(20)19(13-5-3-2-4-6-13)16(23-11)18-24(21,22)14-9-7-12(17)8-10-14/h2-11H,1H3/t11-/m1/s1. The van der Waals surface area contributed by atoms with Crippen LogP contribution < -0.4 is 4.90 Å². The van der Waals surface area contributed by atoms with Gasteiger partial charge in [0.25, 0.3) is 10.0 Å². The number of benzene rings is 2. The van der Waals surface area contributed by atoms with Gasteiger partial charge in [-0.1, -0.05) is 30.0 Å². The first-order valence-electron chi connectivity index (χ1n) is 7.05. The molecule has 5 nitrogen and oxygen atoms in total. The van der Waals surface area contributed by atoms with E-state index < -0.39 is 21.1 Å². The number of carbonyl (C=O) groups excluding carboxylic acids is 1. The van der Waals surface area contributed by atoms with E-state index >= 15 is 0 Å². The van der Waals surface area contributed by atoms with Crippen molar-refractivity contribution < 1.29 is 17.6 Å². The van der Waals surface area contributed by atoms with Crippen molar-refractivity contribution in [1.82, 2.24) is 0 Å². The summed E-state index contributed by atoms with van der Waals surface area (Å²) in [6, 6.07) is 13.1. The lowest BCUT2D eigenvalue weighted by atomic mass is 10.3. The van der Waals surface area contributed by atoms with Crippen LogP contribution in [0.15, 0.2) is 63.9 Å². The van der Waals surface area contributed by atoms with E-state index in [4.69, 9.17) is 0 Å². The maximum Gasteiger partial charge on any atom is 0.284 e. The van der Waals surface area contributed by atoms with Crippen molar-refractivity contribution in [3.8, 4) is 0 Å². The summed E-state index contributed by atoms with van der Waals surface area (Å²) in [7, 11) is -4.04. The van der Waals surface area contributed by atoms with Gasteiger partial charge in [-0.05, 0) is 43.3 Å². The molecule has 1 atom stereocenters. The third-order valence-corrected chi connectivity index (χ3v) is 5.80. The van der Waals surface area contributed by atoms with Crippen LogP contribution in [0.3, 0.4) is 0 Å². The molecule has 0 saturated carbocycles. The average molecular weight is 364 g/mol. The van der Waals surface area contributed by atoms with Crippen molar-refractivity contribution in [3.05, 3.63) is 60.4 Å². The number of sulfonamides is 1. The molecule has 0 N–H and O–H groups in total. The summed E-state index contributed by atoms with van der Waals surface area (Å²) < 4.78 is 41.6. The molecule has 0 radical (unpaired) electrons. The molecule has 8 heteroatoms. The second-order valence-electron chi connectivity index (χ2n) is 5.07. The highest BCUT2D eigenvalue weighted by molar-refractivity contribution is 8.16. The second kappa shape index (κ2) is 6.37. The molecule has 124 valence electrons. The molecule has 0 bridgehead atoms. The van der Waals surface area contributed by atoms with Crippen molar-refractivity contribution >= 4 is 38.5 Å². The van der Waals surface area contributed by atoms with E-state index in [0.717, 1.165) is 36.0 Å². The predicted octanol–water partition coefficient (Wildman–Crippen LogP) is 3.04. The van der Waals surface area contributed by atoms with E-state index in [1.807, 2.05) is 0 Å². The van der Waals surface area contributed by atoms with Crippen LogP contribution in [0, 0.1) is 5.82 Å². The van der Waals surface area contributed by atoms with Gasteiger partial charge in [0, 0.05) is 0 Å². The van der Waals surface area contributed by atoms with Crippen LogP contribution in [0.25, 0.3) is 0 Å². The fourth-order valence-corrected chi connectivity index (χ4v) is 4.34. The zero-order chi connectivity index (χ0) is 17.3. The number of para-hydroxylation sites is 1. The van der Waals surface area contributed by atoms with Crippen LogP contribution in [0.1, 0.15) is 6.92 Å². The molecule has 2 aromatic carbocycles. The zero-order valence-electron chi connectivity index (χ0n) is 12.6.